The van der Waals surface area contributed by atoms with Crippen molar-refractivity contribution < 1.29 is 23.1 Å². The highest BCUT2D eigenvalue weighted by Crippen LogP contribution is 2.22. The number of unbranched alkanes of at least 4 members (excludes halogenated alkanes) is 9. The molecule has 1 aromatic rings. The Kier molecular flexibility index (Phi) is 12.9. The van der Waals surface area contributed by atoms with Crippen molar-refractivity contribution in [2.75, 3.05) is 11.9 Å². The number of alkyl halides is 3. The molecule has 0 aromatic heterocycles. The van der Waals surface area contributed by atoms with Gasteiger partial charge < -0.3 is 10.4 Å². The van der Waals surface area contributed by atoms with Crippen LogP contribution in [0.2, 0.25) is 0 Å². The summed E-state index contributed by atoms with van der Waals surface area (Å²) in [6.45, 7) is 0.887. The first-order chi connectivity index (χ1) is 13.9. The number of aromatic carboxylic acids is 1. The van der Waals surface area contributed by atoms with Crippen LogP contribution in [0.3, 0.4) is 0 Å². The maximum Gasteiger partial charge on any atom is 0.389 e. The average molecular weight is 414 g/mol. The van der Waals surface area contributed by atoms with Crippen LogP contribution in [0.1, 0.15) is 87.4 Å². The number of hydrogen-bond donors (Lipinski definition) is 2. The highest BCUT2D eigenvalue weighted by molar-refractivity contribution is 5.87. The van der Waals surface area contributed by atoms with E-state index in [4.69, 9.17) is 5.11 Å². The van der Waals surface area contributed by atoms with E-state index in [1.54, 1.807) is 24.3 Å². The second kappa shape index (κ2) is 14.9. The summed E-state index contributed by atoms with van der Waals surface area (Å²) in [6, 6.07) is 6.79. The van der Waals surface area contributed by atoms with Gasteiger partial charge in [-0.15, -0.1) is 0 Å². The Labute approximate surface area is 172 Å². The zero-order valence-corrected chi connectivity index (χ0v) is 17.1. The van der Waals surface area contributed by atoms with Crippen LogP contribution in [0.4, 0.5) is 18.9 Å². The van der Waals surface area contributed by atoms with Gasteiger partial charge in [-0.1, -0.05) is 44.3 Å². The fourth-order valence-corrected chi connectivity index (χ4v) is 3.06. The standard InChI is InChI=1S/C23H34F3NO2/c24-23(25,26)18-12-10-8-6-4-2-1-3-5-7-9-11-13-19-27-21-16-14-20(15-17-21)22(28)29/h2,4,14-17,27H,1,3,5-13,18-19H2,(H,28,29). The molecular weight excluding hydrogens is 379 g/mol. The van der Waals surface area contributed by atoms with Crippen molar-refractivity contribution in [3.8, 4) is 0 Å². The molecule has 0 unspecified atom stereocenters. The van der Waals surface area contributed by atoms with Crippen LogP contribution in [0.15, 0.2) is 36.4 Å². The SMILES string of the molecule is O=C(O)c1ccc(NCCCCCCCCC=CCCCCCC(F)(F)F)cc1. The number of anilines is 1. The van der Waals surface area contributed by atoms with Crippen LogP contribution in [0.25, 0.3) is 0 Å². The number of benzene rings is 1. The topological polar surface area (TPSA) is 49.3 Å². The molecule has 0 radical (unpaired) electrons. The molecular formula is C23H34F3NO2. The van der Waals surface area contributed by atoms with Gasteiger partial charge in [0, 0.05) is 18.7 Å². The van der Waals surface area contributed by atoms with Crippen molar-refractivity contribution in [3.63, 3.8) is 0 Å². The summed E-state index contributed by atoms with van der Waals surface area (Å²) in [5, 5.41) is 12.2. The summed E-state index contributed by atoms with van der Waals surface area (Å²) < 4.78 is 36.0. The molecule has 1 aromatic carbocycles. The molecule has 0 atom stereocenters. The van der Waals surface area contributed by atoms with Crippen LogP contribution < -0.4 is 5.32 Å². The van der Waals surface area contributed by atoms with E-state index in [-0.39, 0.29) is 6.42 Å². The molecule has 0 spiro atoms. The number of nitrogens with one attached hydrogen (secondary N) is 1. The summed E-state index contributed by atoms with van der Waals surface area (Å²) in [4.78, 5) is 10.8. The predicted molar refractivity (Wildman–Crippen MR) is 112 cm³/mol. The first kappa shape index (κ1) is 25.1. The molecule has 0 fully saturated rings. The van der Waals surface area contributed by atoms with Crippen molar-refractivity contribution in [2.24, 2.45) is 0 Å². The van der Waals surface area contributed by atoms with Gasteiger partial charge in [0.25, 0.3) is 0 Å². The Morgan fingerprint density at radius 2 is 1.34 bits per heavy atom. The lowest BCUT2D eigenvalue weighted by atomic mass is 10.1. The normalized spacial score (nSPS) is 11.8. The molecule has 0 aliphatic heterocycles. The third-order valence-corrected chi connectivity index (χ3v) is 4.76. The highest BCUT2D eigenvalue weighted by atomic mass is 19.4. The zero-order valence-electron chi connectivity index (χ0n) is 17.1. The molecule has 2 N–H and O–H groups in total. The van der Waals surface area contributed by atoms with Crippen LogP contribution >= 0.6 is 0 Å². The lowest BCUT2D eigenvalue weighted by molar-refractivity contribution is -0.135. The predicted octanol–water partition coefficient (Wildman–Crippen LogP) is 7.60. The van der Waals surface area contributed by atoms with Gasteiger partial charge in [0.1, 0.15) is 0 Å². The van der Waals surface area contributed by atoms with Crippen molar-refractivity contribution in [3.05, 3.63) is 42.0 Å². The van der Waals surface area contributed by atoms with Gasteiger partial charge in [-0.05, 0) is 62.8 Å². The Bertz CT molecular complexity index is 583. The molecule has 164 valence electrons. The van der Waals surface area contributed by atoms with Crippen LogP contribution in [-0.2, 0) is 0 Å². The van der Waals surface area contributed by atoms with E-state index in [2.05, 4.69) is 17.5 Å². The summed E-state index contributed by atoms with van der Waals surface area (Å²) in [7, 11) is 0. The molecule has 1 rings (SSSR count). The number of hydrogen-bond acceptors (Lipinski definition) is 2. The lowest BCUT2D eigenvalue weighted by Gasteiger charge is -2.06. The van der Waals surface area contributed by atoms with E-state index in [1.165, 1.54) is 32.1 Å². The van der Waals surface area contributed by atoms with E-state index in [0.29, 0.717) is 12.0 Å². The van der Waals surface area contributed by atoms with E-state index in [1.807, 2.05) is 0 Å². The van der Waals surface area contributed by atoms with E-state index >= 15 is 0 Å². The molecule has 0 aliphatic carbocycles. The summed E-state index contributed by atoms with van der Waals surface area (Å²) in [5.74, 6) is -0.910. The first-order valence-corrected chi connectivity index (χ1v) is 10.7. The minimum Gasteiger partial charge on any atom is -0.478 e. The molecule has 6 heteroatoms. The molecule has 29 heavy (non-hydrogen) atoms. The van der Waals surface area contributed by atoms with Gasteiger partial charge >= 0.3 is 12.1 Å². The summed E-state index contributed by atoms with van der Waals surface area (Å²) >= 11 is 0. The number of allylic oxidation sites excluding steroid dienone is 2. The van der Waals surface area contributed by atoms with Gasteiger partial charge in [-0.25, -0.2) is 4.79 Å². The molecule has 0 saturated carbocycles. The van der Waals surface area contributed by atoms with E-state index in [0.717, 1.165) is 37.9 Å². The van der Waals surface area contributed by atoms with Gasteiger partial charge in [-0.2, -0.15) is 13.2 Å². The maximum absolute atomic E-state index is 12.0. The fourth-order valence-electron chi connectivity index (χ4n) is 3.06. The number of carboxylic acid groups (broad SMARTS) is 1. The minimum absolute atomic E-state index is 0.240. The van der Waals surface area contributed by atoms with Crippen molar-refractivity contribution in [1.29, 1.82) is 0 Å². The van der Waals surface area contributed by atoms with Gasteiger partial charge in [0.05, 0.1) is 5.56 Å². The second-order valence-electron chi connectivity index (χ2n) is 7.41. The number of carboxylic acids is 1. The first-order valence-electron chi connectivity index (χ1n) is 10.7. The van der Waals surface area contributed by atoms with Gasteiger partial charge in [0.2, 0.25) is 0 Å². The second-order valence-corrected chi connectivity index (χ2v) is 7.41. The lowest BCUT2D eigenvalue weighted by Crippen LogP contribution is -2.06. The molecule has 0 aliphatic rings. The number of rotatable bonds is 16. The monoisotopic (exact) mass is 413 g/mol. The number of halogens is 3. The quantitative estimate of drug-likeness (QED) is 0.217. The van der Waals surface area contributed by atoms with Crippen LogP contribution in [0, 0.1) is 0 Å². The Balaban J connectivity index is 1.85. The summed E-state index contributed by atoms with van der Waals surface area (Å²) in [5.41, 5.74) is 1.24. The highest BCUT2D eigenvalue weighted by Gasteiger charge is 2.25. The third-order valence-electron chi connectivity index (χ3n) is 4.76. The van der Waals surface area contributed by atoms with Crippen LogP contribution in [-0.4, -0.2) is 23.8 Å². The molecule has 0 heterocycles. The molecule has 0 bridgehead atoms. The largest absolute Gasteiger partial charge is 0.478 e. The van der Waals surface area contributed by atoms with Crippen molar-refractivity contribution in [2.45, 2.75) is 83.2 Å². The number of carbonyl (C=O) groups is 1. The van der Waals surface area contributed by atoms with Crippen molar-refractivity contribution in [1.82, 2.24) is 0 Å². The van der Waals surface area contributed by atoms with Crippen molar-refractivity contribution >= 4 is 11.7 Å². The molecule has 3 nitrogen and oxygen atoms in total. The summed E-state index contributed by atoms with van der Waals surface area (Å²) in [6.07, 6.45) is 10.3. The Hall–Kier alpha value is -1.98. The third kappa shape index (κ3) is 14.6. The Morgan fingerprint density at radius 1 is 0.828 bits per heavy atom. The van der Waals surface area contributed by atoms with Gasteiger partial charge in [-0.3, -0.25) is 0 Å². The van der Waals surface area contributed by atoms with Gasteiger partial charge in [0.15, 0.2) is 0 Å². The van der Waals surface area contributed by atoms with E-state index in [9.17, 15) is 18.0 Å². The smallest absolute Gasteiger partial charge is 0.389 e. The maximum atomic E-state index is 12.0. The zero-order chi connectivity index (χ0) is 21.4. The average Bonchev–Trinajstić information content (AvgIpc) is 2.67. The fraction of sp³-hybridized carbons (Fsp3) is 0.609. The Morgan fingerprint density at radius 3 is 1.90 bits per heavy atom. The van der Waals surface area contributed by atoms with E-state index < -0.39 is 18.6 Å². The molecule has 0 saturated heterocycles. The molecule has 0 amide bonds. The van der Waals surface area contributed by atoms with Crippen LogP contribution in [0.5, 0.6) is 0 Å². The minimum atomic E-state index is -4.01.